The van der Waals surface area contributed by atoms with Crippen LogP contribution in [0.4, 0.5) is 0 Å². The Hall–Kier alpha value is -0.490. The fourth-order valence-corrected chi connectivity index (χ4v) is 0.905. The molecule has 64 valence electrons. The Labute approximate surface area is 63.5 Å². The molecule has 0 spiro atoms. The van der Waals surface area contributed by atoms with Crippen LogP contribution in [0, 0.1) is 0 Å². The van der Waals surface area contributed by atoms with Crippen molar-refractivity contribution in [1.82, 2.24) is 0 Å². The molecule has 1 saturated heterocycles. The third-order valence-corrected chi connectivity index (χ3v) is 1.49. The van der Waals surface area contributed by atoms with Crippen molar-refractivity contribution < 1.29 is 24.5 Å². The molecule has 1 aliphatic heterocycles. The Kier molecular flexibility index (Phi) is 2.95. The van der Waals surface area contributed by atoms with Crippen molar-refractivity contribution >= 4 is 6.29 Å². The molecule has 0 aromatic carbocycles. The van der Waals surface area contributed by atoms with Crippen LogP contribution < -0.4 is 0 Å². The standard InChI is InChI=1S/C6H10O5/c7-1-4(8)6-5(9)2-10-3-11-6/h1,4-6,8-9H,2-3H2/t4-,5+,6+/m0/s1. The zero-order chi connectivity index (χ0) is 8.27. The predicted molar refractivity (Wildman–Crippen MR) is 33.8 cm³/mol. The van der Waals surface area contributed by atoms with Gasteiger partial charge in [-0.05, 0) is 0 Å². The molecule has 1 rings (SSSR count). The summed E-state index contributed by atoms with van der Waals surface area (Å²) in [6.07, 6.45) is -2.71. The molecule has 2 N–H and O–H groups in total. The number of carbonyl (C=O) groups is 1. The van der Waals surface area contributed by atoms with E-state index in [1.165, 1.54) is 0 Å². The van der Waals surface area contributed by atoms with Gasteiger partial charge in [0.05, 0.1) is 6.61 Å². The van der Waals surface area contributed by atoms with Gasteiger partial charge in [0.25, 0.3) is 0 Å². The lowest BCUT2D eigenvalue weighted by molar-refractivity contribution is -0.215. The highest BCUT2D eigenvalue weighted by Gasteiger charge is 2.30. The van der Waals surface area contributed by atoms with Crippen LogP contribution in [0.15, 0.2) is 0 Å². The quantitative estimate of drug-likeness (QED) is 0.472. The number of hydrogen-bond acceptors (Lipinski definition) is 5. The highest BCUT2D eigenvalue weighted by atomic mass is 16.7. The van der Waals surface area contributed by atoms with Crippen molar-refractivity contribution in [2.75, 3.05) is 13.4 Å². The molecule has 1 aliphatic rings. The lowest BCUT2D eigenvalue weighted by atomic mass is 10.1. The van der Waals surface area contributed by atoms with Crippen LogP contribution in [-0.2, 0) is 14.3 Å². The summed E-state index contributed by atoms with van der Waals surface area (Å²) in [7, 11) is 0. The molecule has 0 amide bonds. The summed E-state index contributed by atoms with van der Waals surface area (Å²) >= 11 is 0. The van der Waals surface area contributed by atoms with E-state index >= 15 is 0 Å². The van der Waals surface area contributed by atoms with Gasteiger partial charge in [-0.15, -0.1) is 0 Å². The third kappa shape index (κ3) is 1.97. The maximum atomic E-state index is 10.1. The van der Waals surface area contributed by atoms with Gasteiger partial charge in [0.1, 0.15) is 25.1 Å². The van der Waals surface area contributed by atoms with E-state index in [0.717, 1.165) is 0 Å². The van der Waals surface area contributed by atoms with Gasteiger partial charge in [-0.25, -0.2) is 0 Å². The predicted octanol–water partition coefficient (Wildman–Crippen LogP) is -1.72. The minimum Gasteiger partial charge on any atom is -0.388 e. The molecule has 0 radical (unpaired) electrons. The second kappa shape index (κ2) is 3.77. The minimum atomic E-state index is -1.27. The first-order valence-electron chi connectivity index (χ1n) is 3.26. The van der Waals surface area contributed by atoms with Gasteiger partial charge in [0, 0.05) is 0 Å². The van der Waals surface area contributed by atoms with E-state index in [0.29, 0.717) is 6.29 Å². The Bertz CT molecular complexity index is 137. The number of aldehydes is 1. The van der Waals surface area contributed by atoms with Crippen LogP contribution >= 0.6 is 0 Å². The molecule has 1 heterocycles. The van der Waals surface area contributed by atoms with Gasteiger partial charge in [0.2, 0.25) is 0 Å². The second-order valence-corrected chi connectivity index (χ2v) is 2.31. The summed E-state index contributed by atoms with van der Waals surface area (Å²) in [6.45, 7) is 0.0994. The van der Waals surface area contributed by atoms with Crippen molar-refractivity contribution in [2.45, 2.75) is 18.3 Å². The van der Waals surface area contributed by atoms with E-state index in [9.17, 15) is 4.79 Å². The zero-order valence-electron chi connectivity index (χ0n) is 5.84. The van der Waals surface area contributed by atoms with E-state index in [4.69, 9.17) is 19.7 Å². The summed E-state index contributed by atoms with van der Waals surface area (Å²) in [5.74, 6) is 0. The van der Waals surface area contributed by atoms with Crippen LogP contribution in [0.2, 0.25) is 0 Å². The molecule has 0 saturated carbocycles. The Balaban J connectivity index is 2.46. The lowest BCUT2D eigenvalue weighted by Crippen LogP contribution is -2.46. The highest BCUT2D eigenvalue weighted by Crippen LogP contribution is 2.09. The average Bonchev–Trinajstić information content (AvgIpc) is 2.04. The molecule has 5 heteroatoms. The molecule has 1 fully saturated rings. The van der Waals surface area contributed by atoms with Crippen molar-refractivity contribution in [3.63, 3.8) is 0 Å². The van der Waals surface area contributed by atoms with Crippen LogP contribution in [0.25, 0.3) is 0 Å². The van der Waals surface area contributed by atoms with Gasteiger partial charge < -0.3 is 24.5 Å². The van der Waals surface area contributed by atoms with Gasteiger partial charge >= 0.3 is 0 Å². The fourth-order valence-electron chi connectivity index (χ4n) is 0.905. The topological polar surface area (TPSA) is 76.0 Å². The SMILES string of the molecule is O=C[C@H](O)[C@H]1OCOC[C@H]1O. The highest BCUT2D eigenvalue weighted by molar-refractivity contribution is 5.56. The molecular weight excluding hydrogens is 152 g/mol. The number of aliphatic hydroxyl groups is 2. The maximum absolute atomic E-state index is 10.1. The molecule has 0 aliphatic carbocycles. The molecule has 0 bridgehead atoms. The van der Waals surface area contributed by atoms with E-state index in [2.05, 4.69) is 0 Å². The summed E-state index contributed by atoms with van der Waals surface area (Å²) in [5.41, 5.74) is 0. The smallest absolute Gasteiger partial charge is 0.151 e. The lowest BCUT2D eigenvalue weighted by Gasteiger charge is -2.28. The normalized spacial score (nSPS) is 34.7. The van der Waals surface area contributed by atoms with Crippen molar-refractivity contribution in [1.29, 1.82) is 0 Å². The van der Waals surface area contributed by atoms with Gasteiger partial charge in [-0.3, -0.25) is 0 Å². The minimum absolute atomic E-state index is 0.00657. The summed E-state index contributed by atoms with van der Waals surface area (Å²) in [4.78, 5) is 10.1. The largest absolute Gasteiger partial charge is 0.388 e. The number of rotatable bonds is 2. The second-order valence-electron chi connectivity index (χ2n) is 2.31. The van der Waals surface area contributed by atoms with Crippen LogP contribution in [0.1, 0.15) is 0 Å². The average molecular weight is 162 g/mol. The van der Waals surface area contributed by atoms with Crippen molar-refractivity contribution in [3.05, 3.63) is 0 Å². The van der Waals surface area contributed by atoms with Gasteiger partial charge in [0.15, 0.2) is 6.29 Å². The van der Waals surface area contributed by atoms with E-state index in [-0.39, 0.29) is 13.4 Å². The van der Waals surface area contributed by atoms with Crippen LogP contribution in [0.3, 0.4) is 0 Å². The maximum Gasteiger partial charge on any atom is 0.151 e. The number of carbonyl (C=O) groups excluding carboxylic acids is 1. The molecule has 3 atom stereocenters. The zero-order valence-corrected chi connectivity index (χ0v) is 5.84. The Morgan fingerprint density at radius 1 is 1.64 bits per heavy atom. The monoisotopic (exact) mass is 162 g/mol. The van der Waals surface area contributed by atoms with Crippen molar-refractivity contribution in [2.24, 2.45) is 0 Å². The fraction of sp³-hybridized carbons (Fsp3) is 0.833. The van der Waals surface area contributed by atoms with Gasteiger partial charge in [-0.2, -0.15) is 0 Å². The first-order chi connectivity index (χ1) is 5.25. The van der Waals surface area contributed by atoms with E-state index < -0.39 is 18.3 Å². The molecular formula is C6H10O5. The molecule has 5 nitrogen and oxygen atoms in total. The number of aliphatic hydroxyl groups excluding tert-OH is 2. The molecule has 11 heavy (non-hydrogen) atoms. The van der Waals surface area contributed by atoms with Crippen LogP contribution in [-0.4, -0.2) is 48.2 Å². The summed E-state index contributed by atoms with van der Waals surface area (Å²) in [5, 5.41) is 18.0. The summed E-state index contributed by atoms with van der Waals surface area (Å²) in [6, 6.07) is 0. The van der Waals surface area contributed by atoms with E-state index in [1.807, 2.05) is 0 Å². The van der Waals surface area contributed by atoms with E-state index in [1.54, 1.807) is 0 Å². The number of hydrogen-bond donors (Lipinski definition) is 2. The molecule has 0 unspecified atom stereocenters. The first-order valence-corrected chi connectivity index (χ1v) is 3.26. The molecule has 0 aromatic heterocycles. The van der Waals surface area contributed by atoms with Crippen LogP contribution in [0.5, 0.6) is 0 Å². The summed E-state index contributed by atoms with van der Waals surface area (Å²) < 4.78 is 9.50. The van der Waals surface area contributed by atoms with Gasteiger partial charge in [-0.1, -0.05) is 0 Å². The third-order valence-electron chi connectivity index (χ3n) is 1.49. The Morgan fingerprint density at radius 3 is 2.91 bits per heavy atom. The number of ether oxygens (including phenoxy) is 2. The first kappa shape index (κ1) is 8.61. The Morgan fingerprint density at radius 2 is 2.36 bits per heavy atom. The molecule has 0 aromatic rings. The van der Waals surface area contributed by atoms with Crippen molar-refractivity contribution in [3.8, 4) is 0 Å².